The summed E-state index contributed by atoms with van der Waals surface area (Å²) >= 11 is 12.1. The van der Waals surface area contributed by atoms with Crippen LogP contribution in [0.25, 0.3) is 11.0 Å². The summed E-state index contributed by atoms with van der Waals surface area (Å²) in [6.07, 6.45) is 0.782. The minimum absolute atomic E-state index is 0.257. The number of alkyl halides is 1. The van der Waals surface area contributed by atoms with Crippen LogP contribution in [0, 0.1) is 11.3 Å². The highest BCUT2D eigenvalue weighted by Gasteiger charge is 2.22. The Bertz CT molecular complexity index is 596. The molecule has 2 rings (SSSR count). The molecule has 4 heteroatoms. The third kappa shape index (κ3) is 3.29. The van der Waals surface area contributed by atoms with Crippen LogP contribution in [0.3, 0.4) is 0 Å². The summed E-state index contributed by atoms with van der Waals surface area (Å²) < 4.78 is 2.28. The first-order valence-electron chi connectivity index (χ1n) is 7.03. The maximum atomic E-state index is 6.14. The van der Waals surface area contributed by atoms with Gasteiger partial charge in [0.05, 0.1) is 11.0 Å². The average Bonchev–Trinajstić information content (AvgIpc) is 2.67. The number of hydrogen-bond donors (Lipinski definition) is 0. The number of hydrogen-bond acceptors (Lipinski definition) is 1. The van der Waals surface area contributed by atoms with Gasteiger partial charge in [0.15, 0.2) is 0 Å². The lowest BCUT2D eigenvalue weighted by molar-refractivity contribution is 0.233. The Morgan fingerprint density at radius 3 is 2.60 bits per heavy atom. The zero-order valence-electron chi connectivity index (χ0n) is 12.6. The second kappa shape index (κ2) is 5.95. The predicted molar refractivity (Wildman–Crippen MR) is 87.8 cm³/mol. The van der Waals surface area contributed by atoms with E-state index in [1.54, 1.807) is 0 Å². The molecule has 0 aliphatic rings. The summed E-state index contributed by atoms with van der Waals surface area (Å²) in [7, 11) is 0. The summed E-state index contributed by atoms with van der Waals surface area (Å²) in [5.41, 5.74) is 2.36. The fourth-order valence-electron chi connectivity index (χ4n) is 2.17. The second-order valence-electron chi connectivity index (χ2n) is 6.48. The molecular formula is C16H22Cl2N2. The average molecular weight is 313 g/mol. The van der Waals surface area contributed by atoms with Gasteiger partial charge in [-0.05, 0) is 29.5 Å². The van der Waals surface area contributed by atoms with Crippen molar-refractivity contribution < 1.29 is 0 Å². The van der Waals surface area contributed by atoms with Gasteiger partial charge in [0.1, 0.15) is 5.82 Å². The maximum Gasteiger partial charge on any atom is 0.111 e. The largest absolute Gasteiger partial charge is 0.328 e. The molecule has 0 radical (unpaired) electrons. The van der Waals surface area contributed by atoms with Gasteiger partial charge in [-0.15, -0.1) is 11.6 Å². The van der Waals surface area contributed by atoms with Crippen LogP contribution in [-0.2, 0) is 13.0 Å². The SMILES string of the molecule is CC(Cn1c(CCCl)nc2ccc(Cl)cc21)C(C)(C)C. The van der Waals surface area contributed by atoms with Crippen molar-refractivity contribution in [2.45, 2.75) is 40.7 Å². The van der Waals surface area contributed by atoms with E-state index in [9.17, 15) is 0 Å². The van der Waals surface area contributed by atoms with Gasteiger partial charge >= 0.3 is 0 Å². The lowest BCUT2D eigenvalue weighted by atomic mass is 9.82. The second-order valence-corrected chi connectivity index (χ2v) is 7.29. The third-order valence-corrected chi connectivity index (χ3v) is 4.47. The molecule has 0 N–H and O–H groups in total. The molecule has 0 bridgehead atoms. The zero-order chi connectivity index (χ0) is 14.9. The van der Waals surface area contributed by atoms with E-state index < -0.39 is 0 Å². The van der Waals surface area contributed by atoms with E-state index >= 15 is 0 Å². The van der Waals surface area contributed by atoms with Crippen LogP contribution in [0.15, 0.2) is 18.2 Å². The van der Waals surface area contributed by atoms with Crippen LogP contribution < -0.4 is 0 Å². The molecule has 2 aromatic rings. The molecule has 1 atom stereocenters. The van der Waals surface area contributed by atoms with Crippen molar-refractivity contribution in [1.29, 1.82) is 0 Å². The summed E-state index contributed by atoms with van der Waals surface area (Å²) in [6, 6.07) is 5.86. The molecule has 0 aliphatic carbocycles. The fourth-order valence-corrected chi connectivity index (χ4v) is 2.51. The summed E-state index contributed by atoms with van der Waals surface area (Å²) in [6.45, 7) is 10.0. The van der Waals surface area contributed by atoms with Crippen molar-refractivity contribution in [3.63, 3.8) is 0 Å². The normalized spacial score (nSPS) is 13.9. The van der Waals surface area contributed by atoms with Crippen LogP contribution in [0.2, 0.25) is 5.02 Å². The molecule has 0 fully saturated rings. The number of halogens is 2. The number of imidazole rings is 1. The first-order chi connectivity index (χ1) is 9.32. The van der Waals surface area contributed by atoms with E-state index in [-0.39, 0.29) is 5.41 Å². The quantitative estimate of drug-likeness (QED) is 0.713. The molecule has 0 aliphatic heterocycles. The highest BCUT2D eigenvalue weighted by Crippen LogP contribution is 2.29. The zero-order valence-corrected chi connectivity index (χ0v) is 14.1. The lowest BCUT2D eigenvalue weighted by Gasteiger charge is -2.28. The van der Waals surface area contributed by atoms with E-state index in [4.69, 9.17) is 28.2 Å². The molecule has 1 unspecified atom stereocenters. The smallest absolute Gasteiger partial charge is 0.111 e. The predicted octanol–water partition coefficient (Wildman–Crippen LogP) is 5.15. The fraction of sp³-hybridized carbons (Fsp3) is 0.562. The third-order valence-electron chi connectivity index (χ3n) is 4.04. The van der Waals surface area contributed by atoms with Crippen molar-refractivity contribution in [1.82, 2.24) is 9.55 Å². The molecule has 1 heterocycles. The number of aromatic nitrogens is 2. The molecule has 20 heavy (non-hydrogen) atoms. The van der Waals surface area contributed by atoms with E-state index in [2.05, 4.69) is 32.3 Å². The van der Waals surface area contributed by atoms with Crippen LogP contribution in [0.5, 0.6) is 0 Å². The number of benzene rings is 1. The standard InChI is InChI=1S/C16H22Cl2N2/c1-11(16(2,3)4)10-20-14-9-12(18)5-6-13(14)19-15(20)7-8-17/h5-6,9,11H,7-8,10H2,1-4H3. The van der Waals surface area contributed by atoms with Gasteiger partial charge in [-0.2, -0.15) is 0 Å². The molecular weight excluding hydrogens is 291 g/mol. The van der Waals surface area contributed by atoms with Gasteiger partial charge < -0.3 is 4.57 Å². The topological polar surface area (TPSA) is 17.8 Å². The minimum atomic E-state index is 0.257. The first-order valence-corrected chi connectivity index (χ1v) is 7.95. The number of nitrogens with zero attached hydrogens (tertiary/aromatic N) is 2. The number of fused-ring (bicyclic) bond motifs is 1. The Morgan fingerprint density at radius 1 is 1.30 bits per heavy atom. The molecule has 1 aromatic heterocycles. The lowest BCUT2D eigenvalue weighted by Crippen LogP contribution is -2.23. The highest BCUT2D eigenvalue weighted by molar-refractivity contribution is 6.31. The summed E-state index contributed by atoms with van der Waals surface area (Å²) in [5, 5.41) is 0.750. The molecule has 0 saturated heterocycles. The van der Waals surface area contributed by atoms with Crippen molar-refractivity contribution in [2.24, 2.45) is 11.3 Å². The van der Waals surface area contributed by atoms with Gasteiger partial charge in [0.2, 0.25) is 0 Å². The van der Waals surface area contributed by atoms with Crippen LogP contribution >= 0.6 is 23.2 Å². The van der Waals surface area contributed by atoms with Crippen LogP contribution in [0.1, 0.15) is 33.5 Å². The Kier molecular flexibility index (Phi) is 4.66. The molecule has 0 spiro atoms. The van der Waals surface area contributed by atoms with Gasteiger partial charge in [0.25, 0.3) is 0 Å². The van der Waals surface area contributed by atoms with E-state index in [1.807, 2.05) is 18.2 Å². The highest BCUT2D eigenvalue weighted by atomic mass is 35.5. The van der Waals surface area contributed by atoms with E-state index in [1.165, 1.54) is 0 Å². The molecule has 110 valence electrons. The van der Waals surface area contributed by atoms with Crippen molar-refractivity contribution in [3.8, 4) is 0 Å². The first kappa shape index (κ1) is 15.7. The van der Waals surface area contributed by atoms with Crippen molar-refractivity contribution >= 4 is 34.2 Å². The number of rotatable bonds is 4. The van der Waals surface area contributed by atoms with Crippen molar-refractivity contribution in [3.05, 3.63) is 29.0 Å². The van der Waals surface area contributed by atoms with Crippen LogP contribution in [-0.4, -0.2) is 15.4 Å². The molecule has 0 saturated carbocycles. The Labute approximate surface area is 131 Å². The Morgan fingerprint density at radius 2 is 2.00 bits per heavy atom. The summed E-state index contributed by atoms with van der Waals surface area (Å²) in [4.78, 5) is 4.70. The Balaban J connectivity index is 2.47. The molecule has 1 aromatic carbocycles. The molecule has 0 amide bonds. The van der Waals surface area contributed by atoms with Gasteiger partial charge in [-0.1, -0.05) is 39.3 Å². The van der Waals surface area contributed by atoms with Crippen LogP contribution in [0.4, 0.5) is 0 Å². The van der Waals surface area contributed by atoms with Gasteiger partial charge in [0, 0.05) is 23.9 Å². The number of aryl methyl sites for hydroxylation is 1. The summed E-state index contributed by atoms with van der Waals surface area (Å²) in [5.74, 6) is 2.17. The van der Waals surface area contributed by atoms with E-state index in [0.717, 1.165) is 34.8 Å². The van der Waals surface area contributed by atoms with Crippen molar-refractivity contribution in [2.75, 3.05) is 5.88 Å². The van der Waals surface area contributed by atoms with Gasteiger partial charge in [-0.25, -0.2) is 4.98 Å². The van der Waals surface area contributed by atoms with E-state index in [0.29, 0.717) is 11.8 Å². The molecule has 2 nitrogen and oxygen atoms in total. The Hall–Kier alpha value is -0.730. The van der Waals surface area contributed by atoms with Gasteiger partial charge in [-0.3, -0.25) is 0 Å². The maximum absolute atomic E-state index is 6.14. The monoisotopic (exact) mass is 312 g/mol. The minimum Gasteiger partial charge on any atom is -0.328 e.